The van der Waals surface area contributed by atoms with Gasteiger partial charge in [0.2, 0.25) is 5.78 Å². The molecule has 0 amide bonds. The van der Waals surface area contributed by atoms with Crippen LogP contribution in [0, 0.1) is 24.0 Å². The highest BCUT2D eigenvalue weighted by Gasteiger charge is 2.24. The molecule has 0 spiro atoms. The number of nitro groups is 1. The van der Waals surface area contributed by atoms with Gasteiger partial charge in [-0.3, -0.25) is 14.9 Å². The molecule has 0 unspecified atom stereocenters. The molecular weight excluding hydrogens is 392 g/mol. The molecule has 1 aromatic heterocycles. The van der Waals surface area contributed by atoms with Gasteiger partial charge >= 0.3 is 11.9 Å². The Bertz CT molecular complexity index is 965. The molecule has 9 nitrogen and oxygen atoms in total. The summed E-state index contributed by atoms with van der Waals surface area (Å²) in [6, 6.07) is 3.32. The zero-order valence-corrected chi connectivity index (χ0v) is 16.1. The number of non-ortho nitro benzene ring substituents is 1. The number of nitro benzene ring substituents is 1. The molecule has 0 aliphatic heterocycles. The van der Waals surface area contributed by atoms with Gasteiger partial charge in [0.15, 0.2) is 6.61 Å². The average Bonchev–Trinajstić information content (AvgIpc) is 2.94. The minimum atomic E-state index is -0.974. The Morgan fingerprint density at radius 2 is 1.86 bits per heavy atom. The molecule has 0 aliphatic carbocycles. The average molecular weight is 409 g/mol. The van der Waals surface area contributed by atoms with E-state index in [1.807, 2.05) is 0 Å². The van der Waals surface area contributed by atoms with Gasteiger partial charge in [-0.25, -0.2) is 9.59 Å². The summed E-state index contributed by atoms with van der Waals surface area (Å²) >= 11 is 5.88. The Kier molecular flexibility index (Phi) is 6.53. The summed E-state index contributed by atoms with van der Waals surface area (Å²) in [6.45, 7) is 4.39. The highest BCUT2D eigenvalue weighted by atomic mass is 35.5. The molecule has 0 aliphatic rings. The van der Waals surface area contributed by atoms with Crippen LogP contribution in [-0.4, -0.2) is 40.8 Å². The van der Waals surface area contributed by atoms with Crippen molar-refractivity contribution in [1.29, 1.82) is 0 Å². The molecule has 0 atom stereocenters. The number of ketones is 1. The third-order valence-electron chi connectivity index (χ3n) is 3.91. The minimum absolute atomic E-state index is 0.0401. The summed E-state index contributed by atoms with van der Waals surface area (Å²) in [4.78, 5) is 49.5. The Morgan fingerprint density at radius 3 is 2.46 bits per heavy atom. The molecule has 0 saturated heterocycles. The van der Waals surface area contributed by atoms with E-state index < -0.39 is 29.3 Å². The number of nitrogens with one attached hydrogen (secondary N) is 1. The third-order valence-corrected chi connectivity index (χ3v) is 4.24. The first-order valence-corrected chi connectivity index (χ1v) is 8.55. The first-order valence-electron chi connectivity index (χ1n) is 8.17. The van der Waals surface area contributed by atoms with Crippen molar-refractivity contribution < 1.29 is 28.8 Å². The van der Waals surface area contributed by atoms with Crippen LogP contribution in [0.15, 0.2) is 18.2 Å². The fraction of sp³-hybridized carbons (Fsp3) is 0.278. The number of Topliss-reactive ketones (excluding diaryl/α,β-unsaturated/α-hetero) is 1. The van der Waals surface area contributed by atoms with Crippen LogP contribution in [0.1, 0.15) is 49.4 Å². The van der Waals surface area contributed by atoms with E-state index in [4.69, 9.17) is 21.1 Å². The number of nitrogens with zero attached hydrogens (tertiary/aromatic N) is 1. The summed E-state index contributed by atoms with van der Waals surface area (Å²) in [7, 11) is 0. The van der Waals surface area contributed by atoms with Gasteiger partial charge in [0, 0.05) is 23.4 Å². The topological polar surface area (TPSA) is 129 Å². The number of H-pyrrole nitrogens is 1. The standard InChI is InChI=1S/C18H17ClN2O7/c1-4-27-18(24)16-9(2)15(10(3)20-16)14(22)8-28-17(23)12-7-11(21(25)26)5-6-13(12)19/h5-7,20H,4,8H2,1-3H3. The van der Waals surface area contributed by atoms with Crippen LogP contribution in [0.3, 0.4) is 0 Å². The number of aromatic nitrogens is 1. The molecule has 1 N–H and O–H groups in total. The van der Waals surface area contributed by atoms with Gasteiger partial charge in [0.05, 0.1) is 22.1 Å². The fourth-order valence-corrected chi connectivity index (χ4v) is 2.83. The maximum atomic E-state index is 12.5. The molecule has 0 bridgehead atoms. The van der Waals surface area contributed by atoms with Crippen molar-refractivity contribution in [3.8, 4) is 0 Å². The summed E-state index contributed by atoms with van der Waals surface area (Å²) in [5.74, 6) is -2.11. The SMILES string of the molecule is CCOC(=O)c1[nH]c(C)c(C(=O)COC(=O)c2cc([N+](=O)[O-])ccc2Cl)c1C. The van der Waals surface area contributed by atoms with E-state index in [0.29, 0.717) is 11.3 Å². The normalized spacial score (nSPS) is 10.4. The van der Waals surface area contributed by atoms with Crippen molar-refractivity contribution in [3.63, 3.8) is 0 Å². The van der Waals surface area contributed by atoms with E-state index in [9.17, 15) is 24.5 Å². The number of benzene rings is 1. The van der Waals surface area contributed by atoms with E-state index in [-0.39, 0.29) is 34.1 Å². The summed E-state index contributed by atoms with van der Waals surface area (Å²) in [5, 5.41) is 10.8. The summed E-state index contributed by atoms with van der Waals surface area (Å²) < 4.78 is 9.88. The number of aromatic amines is 1. The van der Waals surface area contributed by atoms with E-state index in [1.54, 1.807) is 20.8 Å². The molecule has 2 aromatic rings. The van der Waals surface area contributed by atoms with Gasteiger partial charge in [-0.1, -0.05) is 11.6 Å². The lowest BCUT2D eigenvalue weighted by Crippen LogP contribution is -2.16. The second kappa shape index (κ2) is 8.66. The van der Waals surface area contributed by atoms with Crippen molar-refractivity contribution in [2.24, 2.45) is 0 Å². The number of esters is 2. The third kappa shape index (κ3) is 4.37. The Hall–Kier alpha value is -3.20. The summed E-state index contributed by atoms with van der Waals surface area (Å²) in [6.07, 6.45) is 0. The molecule has 1 heterocycles. The van der Waals surface area contributed by atoms with Gasteiger partial charge in [-0.05, 0) is 32.4 Å². The van der Waals surface area contributed by atoms with Crippen molar-refractivity contribution >= 4 is 35.0 Å². The van der Waals surface area contributed by atoms with Gasteiger partial charge < -0.3 is 14.5 Å². The maximum Gasteiger partial charge on any atom is 0.355 e. The lowest BCUT2D eigenvalue weighted by Gasteiger charge is -2.07. The molecule has 0 radical (unpaired) electrons. The monoisotopic (exact) mass is 408 g/mol. The number of carbonyl (C=O) groups is 3. The zero-order valence-electron chi connectivity index (χ0n) is 15.3. The molecule has 28 heavy (non-hydrogen) atoms. The molecule has 1 aromatic carbocycles. The number of hydrogen-bond donors (Lipinski definition) is 1. The Balaban J connectivity index is 2.17. The van der Waals surface area contributed by atoms with Gasteiger partial charge in [0.25, 0.3) is 5.69 Å². The van der Waals surface area contributed by atoms with Crippen molar-refractivity contribution in [3.05, 3.63) is 61.4 Å². The number of rotatable bonds is 7. The molecule has 10 heteroatoms. The van der Waals surface area contributed by atoms with Crippen molar-refractivity contribution in [2.45, 2.75) is 20.8 Å². The van der Waals surface area contributed by atoms with Crippen LogP contribution >= 0.6 is 11.6 Å². The number of hydrogen-bond acceptors (Lipinski definition) is 7. The van der Waals surface area contributed by atoms with Crippen LogP contribution in [0.4, 0.5) is 5.69 Å². The quantitative estimate of drug-likeness (QED) is 0.321. The first kappa shape index (κ1) is 21.1. The second-order valence-corrected chi connectivity index (χ2v) is 6.17. The molecule has 0 saturated carbocycles. The number of ether oxygens (including phenoxy) is 2. The molecule has 148 valence electrons. The largest absolute Gasteiger partial charge is 0.461 e. The Morgan fingerprint density at radius 1 is 1.18 bits per heavy atom. The van der Waals surface area contributed by atoms with E-state index in [1.165, 1.54) is 6.07 Å². The van der Waals surface area contributed by atoms with Crippen LogP contribution in [0.2, 0.25) is 5.02 Å². The van der Waals surface area contributed by atoms with Crippen molar-refractivity contribution in [2.75, 3.05) is 13.2 Å². The van der Waals surface area contributed by atoms with Gasteiger partial charge in [-0.2, -0.15) is 0 Å². The zero-order chi connectivity index (χ0) is 21.0. The predicted octanol–water partition coefficient (Wildman–Crippen LogP) is 3.41. The van der Waals surface area contributed by atoms with Crippen LogP contribution < -0.4 is 0 Å². The van der Waals surface area contributed by atoms with Crippen LogP contribution in [0.25, 0.3) is 0 Å². The second-order valence-electron chi connectivity index (χ2n) is 5.77. The first-order chi connectivity index (χ1) is 13.2. The lowest BCUT2D eigenvalue weighted by atomic mass is 10.1. The van der Waals surface area contributed by atoms with Gasteiger partial charge in [-0.15, -0.1) is 0 Å². The van der Waals surface area contributed by atoms with E-state index in [2.05, 4.69) is 4.98 Å². The smallest absolute Gasteiger partial charge is 0.355 e. The number of halogens is 1. The van der Waals surface area contributed by atoms with Crippen LogP contribution in [-0.2, 0) is 9.47 Å². The minimum Gasteiger partial charge on any atom is -0.461 e. The fourth-order valence-electron chi connectivity index (χ4n) is 2.64. The molecular formula is C18H17ClN2O7. The highest BCUT2D eigenvalue weighted by molar-refractivity contribution is 6.33. The Labute approximate surface area is 164 Å². The van der Waals surface area contributed by atoms with E-state index >= 15 is 0 Å². The number of aryl methyl sites for hydroxylation is 1. The van der Waals surface area contributed by atoms with E-state index in [0.717, 1.165) is 12.1 Å². The highest BCUT2D eigenvalue weighted by Crippen LogP contribution is 2.23. The van der Waals surface area contributed by atoms with Gasteiger partial charge in [0.1, 0.15) is 5.69 Å². The number of carbonyl (C=O) groups excluding carboxylic acids is 3. The maximum absolute atomic E-state index is 12.5. The van der Waals surface area contributed by atoms with Crippen molar-refractivity contribution in [1.82, 2.24) is 4.98 Å². The lowest BCUT2D eigenvalue weighted by molar-refractivity contribution is -0.384. The molecule has 2 rings (SSSR count). The molecule has 0 fully saturated rings. The van der Waals surface area contributed by atoms with Crippen LogP contribution in [0.5, 0.6) is 0 Å². The predicted molar refractivity (Wildman–Crippen MR) is 98.9 cm³/mol. The summed E-state index contributed by atoms with van der Waals surface area (Å²) in [5.41, 5.74) is 0.606.